The highest BCUT2D eigenvalue weighted by molar-refractivity contribution is 4.40. The van der Waals surface area contributed by atoms with Gasteiger partial charge in [0, 0.05) is 13.2 Å². The van der Waals surface area contributed by atoms with Crippen LogP contribution < -0.4 is 0 Å². The van der Waals surface area contributed by atoms with E-state index in [9.17, 15) is 0 Å². The number of quaternary nitrogens is 1. The normalized spacial score (nSPS) is 12.0. The fourth-order valence-corrected chi connectivity index (χ4v) is 1.85. The number of hydrogen-bond donors (Lipinski definition) is 0. The summed E-state index contributed by atoms with van der Waals surface area (Å²) in [5.41, 5.74) is 0. The summed E-state index contributed by atoms with van der Waals surface area (Å²) in [6, 6.07) is 0. The lowest BCUT2D eigenvalue weighted by molar-refractivity contribution is -0.891. The van der Waals surface area contributed by atoms with E-state index in [-0.39, 0.29) is 0 Å². The predicted molar refractivity (Wildman–Crippen MR) is 82.5 cm³/mol. The molecule has 0 unspecified atom stereocenters. The van der Waals surface area contributed by atoms with E-state index in [0.29, 0.717) is 0 Å². The van der Waals surface area contributed by atoms with Crippen LogP contribution in [0.1, 0.15) is 52.4 Å². The molecule has 0 spiro atoms. The molecule has 0 aromatic carbocycles. The van der Waals surface area contributed by atoms with Gasteiger partial charge < -0.3 is 14.0 Å². The fourth-order valence-electron chi connectivity index (χ4n) is 1.85. The zero-order chi connectivity index (χ0) is 14.4. The number of unbranched alkanes of at least 4 members (excludes halogenated alkanes) is 4. The van der Waals surface area contributed by atoms with E-state index in [1.165, 1.54) is 38.5 Å². The van der Waals surface area contributed by atoms with Gasteiger partial charge in [0.1, 0.15) is 13.1 Å². The minimum atomic E-state index is 0.868. The summed E-state index contributed by atoms with van der Waals surface area (Å²) in [5.74, 6) is 0. The van der Waals surface area contributed by atoms with Crippen LogP contribution in [0.25, 0.3) is 0 Å². The maximum atomic E-state index is 5.67. The van der Waals surface area contributed by atoms with Gasteiger partial charge in [0.2, 0.25) is 0 Å². The molecule has 0 saturated carbocycles. The van der Waals surface area contributed by atoms with Crippen LogP contribution in [0.2, 0.25) is 0 Å². The molecule has 19 heavy (non-hydrogen) atoms. The first-order chi connectivity index (χ1) is 9.12. The first kappa shape index (κ1) is 18.9. The molecule has 0 bridgehead atoms. The van der Waals surface area contributed by atoms with E-state index in [4.69, 9.17) is 9.47 Å². The summed E-state index contributed by atoms with van der Waals surface area (Å²) in [6.45, 7) is 10.2. The van der Waals surface area contributed by atoms with Crippen LogP contribution in [0.5, 0.6) is 0 Å². The minimum absolute atomic E-state index is 0.868. The van der Waals surface area contributed by atoms with Crippen LogP contribution in [0, 0.1) is 0 Å². The number of hydrogen-bond acceptors (Lipinski definition) is 2. The molecule has 3 nitrogen and oxygen atoms in total. The lowest BCUT2D eigenvalue weighted by Gasteiger charge is -2.29. The molecular formula is C16H36NO2+. The topological polar surface area (TPSA) is 18.5 Å². The summed E-state index contributed by atoms with van der Waals surface area (Å²) < 4.78 is 12.3. The van der Waals surface area contributed by atoms with Gasteiger partial charge in [-0.3, -0.25) is 0 Å². The molecule has 0 aliphatic heterocycles. The van der Waals surface area contributed by atoms with Crippen LogP contribution >= 0.6 is 0 Å². The Bertz CT molecular complexity index is 166. The van der Waals surface area contributed by atoms with E-state index in [1.54, 1.807) is 0 Å². The van der Waals surface area contributed by atoms with Crippen LogP contribution in [-0.2, 0) is 9.47 Å². The van der Waals surface area contributed by atoms with E-state index in [2.05, 4.69) is 27.9 Å². The molecule has 0 heterocycles. The Morgan fingerprint density at radius 3 is 1.42 bits per heavy atom. The number of rotatable bonds is 14. The summed E-state index contributed by atoms with van der Waals surface area (Å²) >= 11 is 0. The first-order valence-electron chi connectivity index (χ1n) is 8.10. The second-order valence-electron chi connectivity index (χ2n) is 6.02. The van der Waals surface area contributed by atoms with Crippen molar-refractivity contribution in [3.05, 3.63) is 0 Å². The monoisotopic (exact) mass is 274 g/mol. The van der Waals surface area contributed by atoms with Gasteiger partial charge in [0.25, 0.3) is 0 Å². The molecule has 0 rings (SSSR count). The van der Waals surface area contributed by atoms with Crippen molar-refractivity contribution in [2.24, 2.45) is 0 Å². The Hall–Kier alpha value is -0.120. The fraction of sp³-hybridized carbons (Fsp3) is 1.00. The van der Waals surface area contributed by atoms with Crippen LogP contribution in [0.15, 0.2) is 0 Å². The van der Waals surface area contributed by atoms with Crippen molar-refractivity contribution in [2.45, 2.75) is 52.4 Å². The Morgan fingerprint density at radius 1 is 0.632 bits per heavy atom. The third kappa shape index (κ3) is 14.1. The van der Waals surface area contributed by atoms with Crippen molar-refractivity contribution >= 4 is 0 Å². The Labute approximate surface area is 120 Å². The molecule has 0 N–H and O–H groups in total. The van der Waals surface area contributed by atoms with Gasteiger partial charge in [-0.1, -0.05) is 39.5 Å². The van der Waals surface area contributed by atoms with Gasteiger partial charge in [0.15, 0.2) is 0 Å². The molecule has 0 aliphatic rings. The Balaban J connectivity index is 3.36. The predicted octanol–water partition coefficient (Wildman–Crippen LogP) is 3.48. The molecule has 0 aromatic rings. The molecule has 0 atom stereocenters. The van der Waals surface area contributed by atoms with Gasteiger partial charge in [0.05, 0.1) is 27.3 Å². The van der Waals surface area contributed by atoms with E-state index in [0.717, 1.165) is 44.0 Å². The van der Waals surface area contributed by atoms with Crippen molar-refractivity contribution in [1.82, 2.24) is 0 Å². The largest absolute Gasteiger partial charge is 0.376 e. The molecule has 3 heteroatoms. The maximum absolute atomic E-state index is 5.67. The van der Waals surface area contributed by atoms with E-state index in [1.807, 2.05) is 0 Å². The highest BCUT2D eigenvalue weighted by Crippen LogP contribution is 2.00. The summed E-state index contributed by atoms with van der Waals surface area (Å²) in [4.78, 5) is 0. The van der Waals surface area contributed by atoms with Crippen LogP contribution in [0.3, 0.4) is 0 Å². The smallest absolute Gasteiger partial charge is 0.102 e. The summed E-state index contributed by atoms with van der Waals surface area (Å²) in [5, 5.41) is 0. The molecule has 0 amide bonds. The van der Waals surface area contributed by atoms with Gasteiger partial charge in [-0.25, -0.2) is 0 Å². The summed E-state index contributed by atoms with van der Waals surface area (Å²) in [7, 11) is 4.51. The van der Waals surface area contributed by atoms with E-state index < -0.39 is 0 Å². The average Bonchev–Trinajstić information content (AvgIpc) is 2.38. The molecule has 0 aromatic heterocycles. The van der Waals surface area contributed by atoms with Crippen molar-refractivity contribution in [3.8, 4) is 0 Å². The molecule has 0 aliphatic carbocycles. The van der Waals surface area contributed by atoms with Gasteiger partial charge >= 0.3 is 0 Å². The number of ether oxygens (including phenoxy) is 2. The lowest BCUT2D eigenvalue weighted by Crippen LogP contribution is -2.44. The van der Waals surface area contributed by atoms with Crippen molar-refractivity contribution in [3.63, 3.8) is 0 Å². The molecule has 0 fully saturated rings. The first-order valence-corrected chi connectivity index (χ1v) is 8.10. The van der Waals surface area contributed by atoms with Crippen molar-refractivity contribution in [1.29, 1.82) is 0 Å². The maximum Gasteiger partial charge on any atom is 0.102 e. The number of likely N-dealkylation sites (N-methyl/N-ethyl adjacent to an activating group) is 1. The minimum Gasteiger partial charge on any atom is -0.376 e. The Kier molecular flexibility index (Phi) is 12.8. The SMILES string of the molecule is CCCCCOCC[N+](C)(C)CCOCCCCC. The highest BCUT2D eigenvalue weighted by Gasteiger charge is 2.14. The zero-order valence-corrected chi connectivity index (χ0v) is 13.7. The van der Waals surface area contributed by atoms with Gasteiger partial charge in [-0.15, -0.1) is 0 Å². The standard InChI is InChI=1S/C16H36NO2/c1-5-7-9-13-18-15-11-17(3,4)12-16-19-14-10-8-6-2/h5-16H2,1-4H3/q+1. The third-order valence-electron chi connectivity index (χ3n) is 3.47. The highest BCUT2D eigenvalue weighted by atomic mass is 16.5. The van der Waals surface area contributed by atoms with Crippen molar-refractivity contribution in [2.75, 3.05) is 53.6 Å². The van der Waals surface area contributed by atoms with Crippen LogP contribution in [0.4, 0.5) is 0 Å². The van der Waals surface area contributed by atoms with Gasteiger partial charge in [-0.2, -0.15) is 0 Å². The molecular weight excluding hydrogens is 238 g/mol. The average molecular weight is 274 g/mol. The lowest BCUT2D eigenvalue weighted by atomic mass is 10.3. The second kappa shape index (κ2) is 12.9. The van der Waals surface area contributed by atoms with Crippen molar-refractivity contribution < 1.29 is 14.0 Å². The molecule has 116 valence electrons. The zero-order valence-electron chi connectivity index (χ0n) is 13.7. The summed E-state index contributed by atoms with van der Waals surface area (Å²) in [6.07, 6.45) is 7.49. The molecule has 0 radical (unpaired) electrons. The molecule has 0 saturated heterocycles. The quantitative estimate of drug-likeness (QED) is 0.357. The van der Waals surface area contributed by atoms with Gasteiger partial charge in [-0.05, 0) is 12.8 Å². The van der Waals surface area contributed by atoms with E-state index >= 15 is 0 Å². The third-order valence-corrected chi connectivity index (χ3v) is 3.47. The Morgan fingerprint density at radius 2 is 1.05 bits per heavy atom. The number of nitrogens with zero attached hydrogens (tertiary/aromatic N) is 1. The second-order valence-corrected chi connectivity index (χ2v) is 6.02. The van der Waals surface area contributed by atoms with Crippen LogP contribution in [-0.4, -0.2) is 58.1 Å².